The summed E-state index contributed by atoms with van der Waals surface area (Å²) in [5.74, 6) is -1.13. The lowest BCUT2D eigenvalue weighted by atomic mass is 10.1. The summed E-state index contributed by atoms with van der Waals surface area (Å²) in [6, 6.07) is 6.19. The summed E-state index contributed by atoms with van der Waals surface area (Å²) in [7, 11) is 0. The first-order valence-electron chi connectivity index (χ1n) is 5.83. The minimum atomic E-state index is -0.957. The topological polar surface area (TPSA) is 66.4 Å². The molecule has 1 amide bonds. The Morgan fingerprint density at radius 3 is 2.44 bits per heavy atom. The van der Waals surface area contributed by atoms with E-state index in [-0.39, 0.29) is 18.2 Å². The molecule has 1 aliphatic rings. The molecule has 1 aromatic carbocycles. The predicted octanol–water partition coefficient (Wildman–Crippen LogP) is 1.86. The lowest BCUT2D eigenvalue weighted by molar-refractivity contribution is -0.142. The van der Waals surface area contributed by atoms with Crippen LogP contribution in [0.25, 0.3) is 0 Å². The molecule has 2 rings (SSSR count). The van der Waals surface area contributed by atoms with Crippen LogP contribution in [0.5, 0.6) is 0 Å². The standard InChI is InChI=1S/C13H14ClNO3/c14-10-5-1-8(2-6-10)7-11(16)15-12(13(17)18)9-3-4-9/h1-2,5-6,9,12H,3-4,7H2,(H,15,16)(H,17,18). The Morgan fingerprint density at radius 2 is 1.94 bits per heavy atom. The molecule has 5 heteroatoms. The quantitative estimate of drug-likeness (QED) is 0.856. The third-order valence-corrected chi connectivity index (χ3v) is 3.21. The molecule has 1 aromatic rings. The normalized spacial score (nSPS) is 16.1. The summed E-state index contributed by atoms with van der Waals surface area (Å²) < 4.78 is 0. The average Bonchev–Trinajstić information content (AvgIpc) is 3.13. The van der Waals surface area contributed by atoms with Crippen LogP contribution < -0.4 is 5.32 Å². The van der Waals surface area contributed by atoms with Gasteiger partial charge in [0.2, 0.25) is 5.91 Å². The zero-order valence-corrected chi connectivity index (χ0v) is 10.5. The predicted molar refractivity (Wildman–Crippen MR) is 67.4 cm³/mol. The van der Waals surface area contributed by atoms with Crippen LogP contribution in [0.3, 0.4) is 0 Å². The molecule has 96 valence electrons. The van der Waals surface area contributed by atoms with Crippen LogP contribution in [-0.2, 0) is 16.0 Å². The SMILES string of the molecule is O=C(Cc1ccc(Cl)cc1)NC(C(=O)O)C1CC1. The Hall–Kier alpha value is -1.55. The number of carbonyl (C=O) groups is 2. The summed E-state index contributed by atoms with van der Waals surface area (Å²) in [6.45, 7) is 0. The average molecular weight is 268 g/mol. The highest BCUT2D eigenvalue weighted by molar-refractivity contribution is 6.30. The number of amides is 1. The minimum Gasteiger partial charge on any atom is -0.480 e. The number of hydrogen-bond donors (Lipinski definition) is 2. The molecule has 0 bridgehead atoms. The van der Waals surface area contributed by atoms with Crippen molar-refractivity contribution in [3.8, 4) is 0 Å². The van der Waals surface area contributed by atoms with E-state index in [0.29, 0.717) is 5.02 Å². The summed E-state index contributed by atoms with van der Waals surface area (Å²) >= 11 is 5.75. The van der Waals surface area contributed by atoms with E-state index < -0.39 is 12.0 Å². The van der Waals surface area contributed by atoms with Crippen LogP contribution in [-0.4, -0.2) is 23.0 Å². The molecule has 1 unspecified atom stereocenters. The van der Waals surface area contributed by atoms with Gasteiger partial charge in [-0.05, 0) is 36.5 Å². The van der Waals surface area contributed by atoms with Crippen molar-refractivity contribution in [1.29, 1.82) is 0 Å². The van der Waals surface area contributed by atoms with Crippen molar-refractivity contribution in [2.75, 3.05) is 0 Å². The highest BCUT2D eigenvalue weighted by atomic mass is 35.5. The lowest BCUT2D eigenvalue weighted by Crippen LogP contribution is -2.43. The molecule has 1 saturated carbocycles. The molecular weight excluding hydrogens is 254 g/mol. The van der Waals surface area contributed by atoms with Gasteiger partial charge in [0.15, 0.2) is 0 Å². The van der Waals surface area contributed by atoms with E-state index in [1.165, 1.54) is 0 Å². The number of aliphatic carboxylic acids is 1. The molecule has 0 heterocycles. The zero-order chi connectivity index (χ0) is 13.1. The Labute approximate surface area is 110 Å². The van der Waals surface area contributed by atoms with Gasteiger partial charge in [-0.15, -0.1) is 0 Å². The van der Waals surface area contributed by atoms with E-state index in [2.05, 4.69) is 5.32 Å². The number of benzene rings is 1. The number of nitrogens with one attached hydrogen (secondary N) is 1. The Kier molecular flexibility index (Phi) is 3.87. The van der Waals surface area contributed by atoms with Crippen molar-refractivity contribution in [3.05, 3.63) is 34.9 Å². The first-order valence-corrected chi connectivity index (χ1v) is 6.20. The monoisotopic (exact) mass is 267 g/mol. The fourth-order valence-corrected chi connectivity index (χ4v) is 1.95. The summed E-state index contributed by atoms with van der Waals surface area (Å²) in [6.07, 6.45) is 1.92. The summed E-state index contributed by atoms with van der Waals surface area (Å²) in [4.78, 5) is 22.7. The Morgan fingerprint density at radius 1 is 1.33 bits per heavy atom. The third-order valence-electron chi connectivity index (χ3n) is 2.95. The van der Waals surface area contributed by atoms with Gasteiger partial charge in [-0.1, -0.05) is 23.7 Å². The van der Waals surface area contributed by atoms with Crippen molar-refractivity contribution in [1.82, 2.24) is 5.32 Å². The van der Waals surface area contributed by atoms with Crippen molar-refractivity contribution < 1.29 is 14.7 Å². The molecule has 1 atom stereocenters. The number of carbonyl (C=O) groups excluding carboxylic acids is 1. The fourth-order valence-electron chi connectivity index (χ4n) is 1.82. The van der Waals surface area contributed by atoms with E-state index in [4.69, 9.17) is 16.7 Å². The zero-order valence-electron chi connectivity index (χ0n) is 9.73. The maximum absolute atomic E-state index is 11.7. The number of rotatable bonds is 5. The van der Waals surface area contributed by atoms with E-state index in [1.807, 2.05) is 0 Å². The van der Waals surface area contributed by atoms with E-state index >= 15 is 0 Å². The van der Waals surface area contributed by atoms with Gasteiger partial charge in [0.25, 0.3) is 0 Å². The molecule has 18 heavy (non-hydrogen) atoms. The van der Waals surface area contributed by atoms with Crippen molar-refractivity contribution in [2.45, 2.75) is 25.3 Å². The first kappa shape index (κ1) is 12.9. The van der Waals surface area contributed by atoms with Gasteiger partial charge >= 0.3 is 5.97 Å². The van der Waals surface area contributed by atoms with Gasteiger partial charge < -0.3 is 10.4 Å². The molecule has 0 saturated heterocycles. The van der Waals surface area contributed by atoms with Crippen molar-refractivity contribution in [3.63, 3.8) is 0 Å². The second-order valence-electron chi connectivity index (χ2n) is 4.52. The number of carboxylic acids is 1. The van der Waals surface area contributed by atoms with Crippen LogP contribution in [0.15, 0.2) is 24.3 Å². The van der Waals surface area contributed by atoms with Crippen molar-refractivity contribution in [2.24, 2.45) is 5.92 Å². The van der Waals surface area contributed by atoms with Crippen LogP contribution in [0.4, 0.5) is 0 Å². The highest BCUT2D eigenvalue weighted by Gasteiger charge is 2.37. The van der Waals surface area contributed by atoms with Crippen LogP contribution in [0.1, 0.15) is 18.4 Å². The van der Waals surface area contributed by atoms with Crippen LogP contribution in [0.2, 0.25) is 5.02 Å². The molecule has 0 spiro atoms. The Balaban J connectivity index is 1.91. The number of halogens is 1. The molecule has 1 fully saturated rings. The summed E-state index contributed by atoms with van der Waals surface area (Å²) in [5, 5.41) is 12.2. The van der Waals surface area contributed by atoms with E-state index in [1.54, 1.807) is 24.3 Å². The molecule has 2 N–H and O–H groups in total. The third kappa shape index (κ3) is 3.47. The fraction of sp³-hybridized carbons (Fsp3) is 0.385. The minimum absolute atomic E-state index is 0.0941. The Bertz CT molecular complexity index is 454. The first-order chi connectivity index (χ1) is 8.56. The maximum atomic E-state index is 11.7. The largest absolute Gasteiger partial charge is 0.480 e. The van der Waals surface area contributed by atoms with Crippen LogP contribution >= 0.6 is 11.6 Å². The van der Waals surface area contributed by atoms with Gasteiger partial charge in [0, 0.05) is 5.02 Å². The maximum Gasteiger partial charge on any atom is 0.326 e. The van der Waals surface area contributed by atoms with Gasteiger partial charge in [-0.2, -0.15) is 0 Å². The van der Waals surface area contributed by atoms with Gasteiger partial charge in [0.05, 0.1) is 6.42 Å². The molecule has 0 aliphatic heterocycles. The molecule has 4 nitrogen and oxygen atoms in total. The molecule has 1 aliphatic carbocycles. The van der Waals surface area contributed by atoms with Gasteiger partial charge in [-0.25, -0.2) is 4.79 Å². The van der Waals surface area contributed by atoms with Gasteiger partial charge in [-0.3, -0.25) is 4.79 Å². The number of carboxylic acid groups (broad SMARTS) is 1. The van der Waals surface area contributed by atoms with Crippen LogP contribution in [0, 0.1) is 5.92 Å². The molecule has 0 radical (unpaired) electrons. The van der Waals surface area contributed by atoms with E-state index in [0.717, 1.165) is 18.4 Å². The summed E-state index contributed by atoms with van der Waals surface area (Å²) in [5.41, 5.74) is 0.817. The second kappa shape index (κ2) is 5.40. The van der Waals surface area contributed by atoms with Gasteiger partial charge in [0.1, 0.15) is 6.04 Å². The second-order valence-corrected chi connectivity index (χ2v) is 4.96. The smallest absolute Gasteiger partial charge is 0.326 e. The number of hydrogen-bond acceptors (Lipinski definition) is 2. The van der Waals surface area contributed by atoms with E-state index in [9.17, 15) is 9.59 Å². The molecular formula is C13H14ClNO3. The lowest BCUT2D eigenvalue weighted by Gasteiger charge is -2.13. The highest BCUT2D eigenvalue weighted by Crippen LogP contribution is 2.32. The molecule has 0 aromatic heterocycles. The van der Waals surface area contributed by atoms with Crippen molar-refractivity contribution >= 4 is 23.5 Å².